The number of carbonyl (C=O) groups excluding carboxylic acids is 1. The maximum atomic E-state index is 12.1. The van der Waals surface area contributed by atoms with Gasteiger partial charge in [-0.2, -0.15) is 0 Å². The van der Waals surface area contributed by atoms with Crippen LogP contribution in [0.2, 0.25) is 0 Å². The number of hydrogen-bond acceptors (Lipinski definition) is 2. The monoisotopic (exact) mass is 275 g/mol. The number of rotatable bonds is 5. The molecule has 20 heavy (non-hydrogen) atoms. The Morgan fingerprint density at radius 2 is 2.05 bits per heavy atom. The quantitative estimate of drug-likeness (QED) is 0.895. The van der Waals surface area contributed by atoms with Crippen LogP contribution in [0.1, 0.15) is 29.7 Å². The predicted molar refractivity (Wildman–Crippen MR) is 81.9 cm³/mol. The summed E-state index contributed by atoms with van der Waals surface area (Å²) in [6.45, 7) is 9.64. The predicted octanol–water partition coefficient (Wildman–Crippen LogP) is 2.32. The number of nitrogens with one attached hydrogen (secondary N) is 1. The van der Waals surface area contributed by atoms with E-state index < -0.39 is 0 Å². The molecule has 1 aliphatic heterocycles. The zero-order valence-electron chi connectivity index (χ0n) is 12.9. The molecule has 0 bridgehead atoms. The summed E-state index contributed by atoms with van der Waals surface area (Å²) in [7, 11) is 1.86. The number of carbonyl (C=O) groups is 1. The van der Waals surface area contributed by atoms with Crippen molar-refractivity contribution in [3.8, 4) is 0 Å². The molecule has 4 heteroatoms. The number of amides is 2. The van der Waals surface area contributed by atoms with Crippen LogP contribution in [0.25, 0.3) is 0 Å². The van der Waals surface area contributed by atoms with E-state index in [-0.39, 0.29) is 12.1 Å². The van der Waals surface area contributed by atoms with E-state index in [1.54, 1.807) is 4.90 Å². The van der Waals surface area contributed by atoms with Crippen LogP contribution in [-0.2, 0) is 0 Å². The van der Waals surface area contributed by atoms with Crippen molar-refractivity contribution < 1.29 is 4.79 Å². The molecular weight excluding hydrogens is 250 g/mol. The first-order valence-corrected chi connectivity index (χ1v) is 7.33. The molecule has 1 aromatic carbocycles. The van der Waals surface area contributed by atoms with Gasteiger partial charge in [-0.25, -0.2) is 4.79 Å². The topological polar surface area (TPSA) is 35.6 Å². The molecule has 1 aromatic rings. The van der Waals surface area contributed by atoms with Crippen molar-refractivity contribution in [3.05, 3.63) is 34.9 Å². The van der Waals surface area contributed by atoms with Gasteiger partial charge in [0.1, 0.15) is 0 Å². The van der Waals surface area contributed by atoms with Gasteiger partial charge < -0.3 is 15.1 Å². The highest BCUT2D eigenvalue weighted by molar-refractivity contribution is 5.76. The number of hydrogen-bond donors (Lipinski definition) is 1. The Morgan fingerprint density at radius 1 is 1.30 bits per heavy atom. The molecule has 1 atom stereocenters. The molecule has 0 saturated carbocycles. The highest BCUT2D eigenvalue weighted by Crippen LogP contribution is 2.22. The lowest BCUT2D eigenvalue weighted by atomic mass is 9.98. The summed E-state index contributed by atoms with van der Waals surface area (Å²) in [5.74, 6) is 0. The summed E-state index contributed by atoms with van der Waals surface area (Å²) in [6, 6.07) is 6.87. The molecule has 1 aliphatic rings. The molecule has 1 fully saturated rings. The van der Waals surface area contributed by atoms with E-state index in [1.807, 2.05) is 11.9 Å². The second-order valence-electron chi connectivity index (χ2n) is 5.62. The van der Waals surface area contributed by atoms with Crippen LogP contribution in [0.5, 0.6) is 0 Å². The van der Waals surface area contributed by atoms with Crippen LogP contribution >= 0.6 is 0 Å². The van der Waals surface area contributed by atoms with Gasteiger partial charge >= 0.3 is 6.03 Å². The molecule has 1 saturated heterocycles. The van der Waals surface area contributed by atoms with Crippen molar-refractivity contribution in [3.63, 3.8) is 0 Å². The smallest absolute Gasteiger partial charge is 0.319 e. The van der Waals surface area contributed by atoms with Gasteiger partial charge in [-0.3, -0.25) is 0 Å². The minimum absolute atomic E-state index is 0.137. The second-order valence-corrected chi connectivity index (χ2v) is 5.62. The van der Waals surface area contributed by atoms with E-state index >= 15 is 0 Å². The number of urea groups is 1. The van der Waals surface area contributed by atoms with Gasteiger partial charge in [0.05, 0.1) is 6.04 Å². The first-order valence-electron chi connectivity index (χ1n) is 7.33. The van der Waals surface area contributed by atoms with E-state index in [1.165, 1.54) is 16.7 Å². The van der Waals surface area contributed by atoms with Crippen LogP contribution < -0.4 is 5.32 Å². The molecule has 0 spiro atoms. The van der Waals surface area contributed by atoms with Crippen molar-refractivity contribution >= 4 is 6.03 Å². The third kappa shape index (κ3) is 3.12. The minimum atomic E-state index is 0.137. The number of aryl methyl sites for hydroxylation is 2. The van der Waals surface area contributed by atoms with Gasteiger partial charge in [0.2, 0.25) is 0 Å². The van der Waals surface area contributed by atoms with E-state index in [0.29, 0.717) is 0 Å². The van der Waals surface area contributed by atoms with Crippen molar-refractivity contribution in [1.29, 1.82) is 0 Å². The summed E-state index contributed by atoms with van der Waals surface area (Å²) in [5, 5.41) is 3.52. The van der Waals surface area contributed by atoms with E-state index in [9.17, 15) is 4.79 Å². The van der Waals surface area contributed by atoms with Gasteiger partial charge in [-0.15, -0.1) is 0 Å². The Labute approximate surface area is 121 Å². The Morgan fingerprint density at radius 3 is 2.65 bits per heavy atom. The first kappa shape index (κ1) is 14.9. The van der Waals surface area contributed by atoms with Crippen LogP contribution in [0.3, 0.4) is 0 Å². The normalized spacial score (nSPS) is 16.9. The molecule has 0 aliphatic carbocycles. The highest BCUT2D eigenvalue weighted by atomic mass is 16.2. The summed E-state index contributed by atoms with van der Waals surface area (Å²) < 4.78 is 0. The lowest BCUT2D eigenvalue weighted by Gasteiger charge is -2.26. The van der Waals surface area contributed by atoms with E-state index in [0.717, 1.165) is 26.2 Å². The van der Waals surface area contributed by atoms with Gasteiger partial charge in [-0.1, -0.05) is 30.7 Å². The van der Waals surface area contributed by atoms with Gasteiger partial charge in [0.25, 0.3) is 0 Å². The van der Waals surface area contributed by atoms with Gasteiger partial charge in [0, 0.05) is 26.7 Å². The van der Waals surface area contributed by atoms with E-state index in [4.69, 9.17) is 0 Å². The summed E-state index contributed by atoms with van der Waals surface area (Å²) >= 11 is 0. The molecule has 110 valence electrons. The molecule has 0 radical (unpaired) electrons. The molecular formula is C16H25N3O. The fraction of sp³-hybridized carbons (Fsp3) is 0.562. The fourth-order valence-corrected chi connectivity index (χ4v) is 2.75. The zero-order chi connectivity index (χ0) is 14.7. The molecule has 2 amide bonds. The number of nitrogens with zero attached hydrogens (tertiary/aromatic N) is 2. The Bertz CT molecular complexity index is 487. The van der Waals surface area contributed by atoms with Crippen LogP contribution in [0.4, 0.5) is 4.79 Å². The average molecular weight is 275 g/mol. The number of likely N-dealkylation sites (N-methyl/N-ethyl adjacent to an activating group) is 2. The Kier molecular flexibility index (Phi) is 4.65. The molecule has 4 nitrogen and oxygen atoms in total. The first-order chi connectivity index (χ1) is 9.52. The van der Waals surface area contributed by atoms with Crippen LogP contribution in [0.15, 0.2) is 18.2 Å². The lowest BCUT2D eigenvalue weighted by molar-refractivity contribution is 0.194. The Balaban J connectivity index is 2.18. The largest absolute Gasteiger partial charge is 0.326 e. The second kappa shape index (κ2) is 6.27. The van der Waals surface area contributed by atoms with Crippen molar-refractivity contribution in [2.24, 2.45) is 0 Å². The van der Waals surface area contributed by atoms with Gasteiger partial charge in [0.15, 0.2) is 0 Å². The third-order valence-corrected chi connectivity index (χ3v) is 3.97. The maximum Gasteiger partial charge on any atom is 0.319 e. The maximum absolute atomic E-state index is 12.1. The fourth-order valence-electron chi connectivity index (χ4n) is 2.75. The molecule has 1 N–H and O–H groups in total. The van der Waals surface area contributed by atoms with Gasteiger partial charge in [-0.05, 0) is 31.5 Å². The highest BCUT2D eigenvalue weighted by Gasteiger charge is 2.28. The number of benzene rings is 1. The molecule has 1 unspecified atom stereocenters. The lowest BCUT2D eigenvalue weighted by Crippen LogP contribution is -2.37. The van der Waals surface area contributed by atoms with Crippen LogP contribution in [-0.4, -0.2) is 49.1 Å². The summed E-state index contributed by atoms with van der Waals surface area (Å²) in [5.41, 5.74) is 3.84. The average Bonchev–Trinajstić information content (AvgIpc) is 2.73. The summed E-state index contributed by atoms with van der Waals surface area (Å²) in [6.07, 6.45) is 0. The minimum Gasteiger partial charge on any atom is -0.326 e. The van der Waals surface area contributed by atoms with Crippen molar-refractivity contribution in [1.82, 2.24) is 15.1 Å². The van der Waals surface area contributed by atoms with Crippen molar-refractivity contribution in [2.75, 3.05) is 33.2 Å². The molecule has 0 aromatic heterocycles. The standard InChI is InChI=1S/C16H25N3O/c1-5-17-15(11-19-9-8-18(4)16(19)20)14-10-12(2)6-7-13(14)3/h6-7,10,15,17H,5,8-9,11H2,1-4H3. The van der Waals surface area contributed by atoms with Crippen LogP contribution in [0, 0.1) is 13.8 Å². The molecule has 1 heterocycles. The third-order valence-electron chi connectivity index (χ3n) is 3.97. The molecule has 2 rings (SSSR count). The SMILES string of the molecule is CCNC(CN1CCN(C)C1=O)c1cc(C)ccc1C. The van der Waals surface area contributed by atoms with E-state index in [2.05, 4.69) is 44.3 Å². The zero-order valence-corrected chi connectivity index (χ0v) is 12.9. The van der Waals surface area contributed by atoms with Crippen molar-refractivity contribution in [2.45, 2.75) is 26.8 Å². The Hall–Kier alpha value is -1.55. The summed E-state index contributed by atoms with van der Waals surface area (Å²) in [4.78, 5) is 15.8.